The van der Waals surface area contributed by atoms with Gasteiger partial charge >= 0.3 is 0 Å². The zero-order valence-electron chi connectivity index (χ0n) is 7.42. The van der Waals surface area contributed by atoms with Crippen LogP contribution in [-0.2, 0) is 10.0 Å². The Balaban J connectivity index is 2.94. The average Bonchev–Trinajstić information content (AvgIpc) is 2.11. The second-order valence-corrected chi connectivity index (χ2v) is 5.10. The molecule has 0 spiro atoms. The molecule has 0 radical (unpaired) electrons. The monoisotopic (exact) mass is 237 g/mol. The molecule has 0 saturated heterocycles. The molecule has 1 rings (SSSR count). The SMILES string of the molecule is Cc1ccc(NS(=O)(=O)CCl)cc1F. The van der Waals surface area contributed by atoms with Gasteiger partial charge in [0.1, 0.15) is 11.0 Å². The van der Waals surface area contributed by atoms with E-state index in [0.29, 0.717) is 5.56 Å². The van der Waals surface area contributed by atoms with Crippen LogP contribution in [0.2, 0.25) is 0 Å². The van der Waals surface area contributed by atoms with Crippen molar-refractivity contribution in [3.63, 3.8) is 0 Å². The highest BCUT2D eigenvalue weighted by Gasteiger charge is 2.08. The predicted octanol–water partition coefficient (Wildman–Crippen LogP) is 2.07. The van der Waals surface area contributed by atoms with E-state index >= 15 is 0 Å². The average molecular weight is 238 g/mol. The van der Waals surface area contributed by atoms with Crippen LogP contribution in [0, 0.1) is 12.7 Å². The van der Waals surface area contributed by atoms with Crippen LogP contribution in [0.4, 0.5) is 10.1 Å². The molecule has 1 aromatic rings. The van der Waals surface area contributed by atoms with Gasteiger partial charge in [-0.25, -0.2) is 12.8 Å². The second kappa shape index (κ2) is 4.14. The van der Waals surface area contributed by atoms with Gasteiger partial charge in [0.15, 0.2) is 0 Å². The van der Waals surface area contributed by atoms with Gasteiger partial charge in [0, 0.05) is 0 Å². The van der Waals surface area contributed by atoms with Gasteiger partial charge in [-0.2, -0.15) is 0 Å². The van der Waals surface area contributed by atoms with Crippen LogP contribution in [-0.4, -0.2) is 13.6 Å². The molecule has 0 saturated carbocycles. The van der Waals surface area contributed by atoms with Crippen molar-refractivity contribution in [2.24, 2.45) is 0 Å². The maximum Gasteiger partial charge on any atom is 0.246 e. The minimum absolute atomic E-state index is 0.175. The van der Waals surface area contributed by atoms with Gasteiger partial charge in [0.05, 0.1) is 5.69 Å². The first-order chi connectivity index (χ1) is 6.44. The fourth-order valence-corrected chi connectivity index (χ4v) is 1.57. The molecule has 6 heteroatoms. The standard InChI is InChI=1S/C8H9ClFNO2S/c1-6-2-3-7(4-8(6)10)11-14(12,13)5-9/h2-4,11H,5H2,1H3. The molecular formula is C8H9ClFNO2S. The minimum atomic E-state index is -3.55. The highest BCUT2D eigenvalue weighted by atomic mass is 35.5. The smallest absolute Gasteiger partial charge is 0.246 e. The Bertz CT molecular complexity index is 433. The van der Waals surface area contributed by atoms with E-state index in [1.165, 1.54) is 12.1 Å². The number of anilines is 1. The van der Waals surface area contributed by atoms with Crippen molar-refractivity contribution in [2.75, 3.05) is 9.93 Å². The summed E-state index contributed by atoms with van der Waals surface area (Å²) in [6.07, 6.45) is 0. The van der Waals surface area contributed by atoms with Crippen molar-refractivity contribution in [2.45, 2.75) is 6.92 Å². The van der Waals surface area contributed by atoms with Crippen LogP contribution >= 0.6 is 11.6 Å². The van der Waals surface area contributed by atoms with E-state index in [2.05, 4.69) is 4.72 Å². The summed E-state index contributed by atoms with van der Waals surface area (Å²) in [6, 6.07) is 4.07. The fraction of sp³-hybridized carbons (Fsp3) is 0.250. The van der Waals surface area contributed by atoms with Crippen LogP contribution in [0.3, 0.4) is 0 Å². The molecule has 0 aliphatic heterocycles. The highest BCUT2D eigenvalue weighted by Crippen LogP contribution is 2.15. The minimum Gasteiger partial charge on any atom is -0.282 e. The first-order valence-corrected chi connectivity index (χ1v) is 5.96. The van der Waals surface area contributed by atoms with E-state index in [1.54, 1.807) is 6.92 Å². The first-order valence-electron chi connectivity index (χ1n) is 3.77. The normalized spacial score (nSPS) is 11.4. The van der Waals surface area contributed by atoms with E-state index in [-0.39, 0.29) is 5.69 Å². The van der Waals surface area contributed by atoms with Crippen LogP contribution in [0.25, 0.3) is 0 Å². The van der Waals surface area contributed by atoms with Crippen LogP contribution < -0.4 is 4.72 Å². The number of halogens is 2. The van der Waals surface area contributed by atoms with Crippen molar-refractivity contribution in [3.05, 3.63) is 29.6 Å². The van der Waals surface area contributed by atoms with E-state index in [4.69, 9.17) is 11.6 Å². The van der Waals surface area contributed by atoms with E-state index in [9.17, 15) is 12.8 Å². The first kappa shape index (κ1) is 11.3. The number of hydrogen-bond donors (Lipinski definition) is 1. The van der Waals surface area contributed by atoms with Gasteiger partial charge in [-0.15, -0.1) is 11.6 Å². The molecule has 0 amide bonds. The molecule has 1 aromatic carbocycles. The van der Waals surface area contributed by atoms with Crippen molar-refractivity contribution in [1.82, 2.24) is 0 Å². The predicted molar refractivity (Wildman–Crippen MR) is 54.4 cm³/mol. The Kier molecular flexibility index (Phi) is 3.34. The van der Waals surface area contributed by atoms with Gasteiger partial charge in [0.2, 0.25) is 10.0 Å². The molecular weight excluding hydrogens is 229 g/mol. The lowest BCUT2D eigenvalue weighted by molar-refractivity contribution is 0.605. The van der Waals surface area contributed by atoms with Gasteiger partial charge in [-0.05, 0) is 24.6 Å². The zero-order chi connectivity index (χ0) is 10.8. The maximum atomic E-state index is 13.0. The Labute approximate surface area is 86.9 Å². The van der Waals surface area contributed by atoms with Crippen molar-refractivity contribution >= 4 is 27.3 Å². The maximum absolute atomic E-state index is 13.0. The summed E-state index contributed by atoms with van der Waals surface area (Å²) < 4.78 is 37.1. The van der Waals surface area contributed by atoms with Gasteiger partial charge in [0.25, 0.3) is 0 Å². The number of benzene rings is 1. The Morgan fingerprint density at radius 2 is 2.14 bits per heavy atom. The summed E-state index contributed by atoms with van der Waals surface area (Å²) in [5, 5.41) is -0.553. The molecule has 0 aromatic heterocycles. The second-order valence-electron chi connectivity index (χ2n) is 2.79. The number of hydrogen-bond acceptors (Lipinski definition) is 2. The molecule has 0 heterocycles. The third-order valence-electron chi connectivity index (χ3n) is 1.59. The van der Waals surface area contributed by atoms with E-state index < -0.39 is 21.1 Å². The summed E-state index contributed by atoms with van der Waals surface area (Å²) in [4.78, 5) is 0. The van der Waals surface area contributed by atoms with E-state index in [0.717, 1.165) is 6.07 Å². The molecule has 0 aliphatic rings. The number of alkyl halides is 1. The highest BCUT2D eigenvalue weighted by molar-refractivity contribution is 7.93. The third-order valence-corrected chi connectivity index (χ3v) is 3.28. The van der Waals surface area contributed by atoms with Crippen molar-refractivity contribution in [3.8, 4) is 0 Å². The fourth-order valence-electron chi connectivity index (χ4n) is 0.863. The summed E-state index contributed by atoms with van der Waals surface area (Å²) in [7, 11) is -3.55. The summed E-state index contributed by atoms with van der Waals surface area (Å²) in [6.45, 7) is 1.59. The molecule has 1 N–H and O–H groups in total. The Hall–Kier alpha value is -0.810. The number of aryl methyl sites for hydroxylation is 1. The lowest BCUT2D eigenvalue weighted by Crippen LogP contribution is -2.13. The van der Waals surface area contributed by atoms with Crippen LogP contribution in [0.5, 0.6) is 0 Å². The molecule has 14 heavy (non-hydrogen) atoms. The van der Waals surface area contributed by atoms with Gasteiger partial charge in [-0.3, -0.25) is 4.72 Å². The van der Waals surface area contributed by atoms with Gasteiger partial charge in [-0.1, -0.05) is 6.07 Å². The molecule has 3 nitrogen and oxygen atoms in total. The summed E-state index contributed by atoms with van der Waals surface area (Å²) >= 11 is 5.17. The molecule has 0 aliphatic carbocycles. The lowest BCUT2D eigenvalue weighted by Gasteiger charge is -2.05. The van der Waals surface area contributed by atoms with Crippen molar-refractivity contribution in [1.29, 1.82) is 0 Å². The number of nitrogens with one attached hydrogen (secondary N) is 1. The summed E-state index contributed by atoms with van der Waals surface area (Å²) in [5.74, 6) is -0.459. The Morgan fingerprint density at radius 1 is 1.50 bits per heavy atom. The largest absolute Gasteiger partial charge is 0.282 e. The molecule has 0 fully saturated rings. The molecule has 0 unspecified atom stereocenters. The quantitative estimate of drug-likeness (QED) is 0.818. The van der Waals surface area contributed by atoms with Crippen molar-refractivity contribution < 1.29 is 12.8 Å². The topological polar surface area (TPSA) is 46.2 Å². The van der Waals surface area contributed by atoms with Crippen LogP contribution in [0.1, 0.15) is 5.56 Å². The molecule has 0 atom stereocenters. The van der Waals surface area contributed by atoms with Crippen LogP contribution in [0.15, 0.2) is 18.2 Å². The summed E-state index contributed by atoms with van der Waals surface area (Å²) in [5.41, 5.74) is 0.632. The number of rotatable bonds is 3. The number of sulfonamides is 1. The molecule has 78 valence electrons. The van der Waals surface area contributed by atoms with E-state index in [1.807, 2.05) is 0 Å². The zero-order valence-corrected chi connectivity index (χ0v) is 8.99. The molecule has 0 bridgehead atoms. The lowest BCUT2D eigenvalue weighted by atomic mass is 10.2. The third kappa shape index (κ3) is 2.85. The Morgan fingerprint density at radius 3 is 2.64 bits per heavy atom. The van der Waals surface area contributed by atoms with Gasteiger partial charge < -0.3 is 0 Å².